The second kappa shape index (κ2) is 6.44. The number of nitrogens with zero attached hydrogens (tertiary/aromatic N) is 5. The number of aromatic nitrogens is 5. The molecule has 0 radical (unpaired) electrons. The van der Waals surface area contributed by atoms with Crippen molar-refractivity contribution in [2.45, 2.75) is 19.0 Å². The van der Waals surface area contributed by atoms with Gasteiger partial charge in [-0.05, 0) is 25.1 Å². The number of ether oxygens (including phenoxy) is 1. The lowest BCUT2D eigenvalue weighted by Crippen LogP contribution is -2.37. The molecule has 1 aliphatic rings. The van der Waals surface area contributed by atoms with Gasteiger partial charge < -0.3 is 14.6 Å². The molecular weight excluding hydrogens is 324 g/mol. The summed E-state index contributed by atoms with van der Waals surface area (Å²) in [6.07, 6.45) is 3.40. The van der Waals surface area contributed by atoms with Crippen molar-refractivity contribution in [1.82, 2.24) is 24.9 Å². The fourth-order valence-electron chi connectivity index (χ4n) is 2.77. The highest BCUT2D eigenvalue weighted by Crippen LogP contribution is 2.22. The van der Waals surface area contributed by atoms with Gasteiger partial charge in [0.25, 0.3) is 5.56 Å². The normalized spacial score (nSPS) is 19.9. The zero-order valence-electron chi connectivity index (χ0n) is 13.5. The lowest BCUT2D eigenvalue weighted by molar-refractivity contribution is 0.182. The maximum absolute atomic E-state index is 12.3. The molecule has 9 heteroatoms. The van der Waals surface area contributed by atoms with Crippen molar-refractivity contribution in [1.29, 1.82) is 0 Å². The minimum absolute atomic E-state index is 0.198. The molecule has 0 bridgehead atoms. The highest BCUT2D eigenvalue weighted by molar-refractivity contribution is 5.56. The Hall–Kier alpha value is -3.07. The van der Waals surface area contributed by atoms with Crippen LogP contribution in [-0.4, -0.2) is 44.2 Å². The summed E-state index contributed by atoms with van der Waals surface area (Å²) >= 11 is 0. The molecule has 25 heavy (non-hydrogen) atoms. The van der Waals surface area contributed by atoms with E-state index in [1.165, 1.54) is 10.7 Å². The summed E-state index contributed by atoms with van der Waals surface area (Å²) in [5, 5.41) is 11.4. The SMILES string of the molecule is Cc1noc(NC2COCC2n2nc(-c3cccnc3)ccc2=O)n1. The third-order valence-electron chi connectivity index (χ3n) is 3.98. The number of anilines is 1. The predicted octanol–water partition coefficient (Wildman–Crippen LogP) is 1.05. The Kier molecular flexibility index (Phi) is 3.98. The monoisotopic (exact) mass is 340 g/mol. The Morgan fingerprint density at radius 3 is 2.96 bits per heavy atom. The molecule has 1 saturated heterocycles. The van der Waals surface area contributed by atoms with E-state index in [1.807, 2.05) is 12.1 Å². The Labute approximate surface area is 142 Å². The van der Waals surface area contributed by atoms with Crippen LogP contribution in [0.5, 0.6) is 0 Å². The van der Waals surface area contributed by atoms with Crippen molar-refractivity contribution in [2.75, 3.05) is 18.5 Å². The molecule has 2 atom stereocenters. The van der Waals surface area contributed by atoms with E-state index in [4.69, 9.17) is 9.26 Å². The van der Waals surface area contributed by atoms with Crippen LogP contribution in [0, 0.1) is 6.92 Å². The first-order valence-corrected chi connectivity index (χ1v) is 7.85. The molecule has 9 nitrogen and oxygen atoms in total. The van der Waals surface area contributed by atoms with E-state index >= 15 is 0 Å². The van der Waals surface area contributed by atoms with E-state index in [-0.39, 0.29) is 17.6 Å². The zero-order valence-corrected chi connectivity index (χ0v) is 13.5. The van der Waals surface area contributed by atoms with Crippen molar-refractivity contribution in [2.24, 2.45) is 0 Å². The van der Waals surface area contributed by atoms with Gasteiger partial charge in [0.05, 0.1) is 24.9 Å². The molecule has 4 rings (SSSR count). The van der Waals surface area contributed by atoms with Crippen LogP contribution in [0.25, 0.3) is 11.3 Å². The molecular formula is C16H16N6O3. The second-order valence-electron chi connectivity index (χ2n) is 5.75. The molecule has 2 unspecified atom stereocenters. The van der Waals surface area contributed by atoms with E-state index < -0.39 is 0 Å². The molecule has 3 aromatic rings. The summed E-state index contributed by atoms with van der Waals surface area (Å²) in [4.78, 5) is 20.6. The average molecular weight is 340 g/mol. The molecule has 0 aliphatic carbocycles. The lowest BCUT2D eigenvalue weighted by atomic mass is 10.1. The molecule has 1 aliphatic heterocycles. The van der Waals surface area contributed by atoms with E-state index in [9.17, 15) is 4.79 Å². The molecule has 1 fully saturated rings. The van der Waals surface area contributed by atoms with Gasteiger partial charge >= 0.3 is 6.01 Å². The molecule has 4 heterocycles. The maximum Gasteiger partial charge on any atom is 0.321 e. The Morgan fingerprint density at radius 1 is 1.28 bits per heavy atom. The minimum Gasteiger partial charge on any atom is -0.377 e. The first kappa shape index (κ1) is 15.5. The Bertz CT molecular complexity index is 923. The molecule has 0 spiro atoms. The molecule has 0 amide bonds. The van der Waals surface area contributed by atoms with E-state index in [0.717, 1.165) is 5.56 Å². The highest BCUT2D eigenvalue weighted by atomic mass is 16.5. The van der Waals surface area contributed by atoms with Crippen molar-refractivity contribution in [3.05, 3.63) is 52.8 Å². The van der Waals surface area contributed by atoms with Crippen molar-refractivity contribution in [3.8, 4) is 11.3 Å². The quantitative estimate of drug-likeness (QED) is 0.751. The van der Waals surface area contributed by atoms with E-state index in [0.29, 0.717) is 30.7 Å². The van der Waals surface area contributed by atoms with Crippen molar-refractivity contribution in [3.63, 3.8) is 0 Å². The highest BCUT2D eigenvalue weighted by Gasteiger charge is 2.32. The average Bonchev–Trinajstić information content (AvgIpc) is 3.25. The van der Waals surface area contributed by atoms with Gasteiger partial charge in [0.15, 0.2) is 5.82 Å². The lowest BCUT2D eigenvalue weighted by Gasteiger charge is -2.19. The van der Waals surface area contributed by atoms with Crippen LogP contribution < -0.4 is 10.9 Å². The van der Waals surface area contributed by atoms with Crippen LogP contribution in [-0.2, 0) is 4.74 Å². The van der Waals surface area contributed by atoms with Gasteiger partial charge in [-0.15, -0.1) is 0 Å². The predicted molar refractivity (Wildman–Crippen MR) is 88.0 cm³/mol. The number of hydrogen-bond donors (Lipinski definition) is 1. The van der Waals surface area contributed by atoms with Gasteiger partial charge in [-0.1, -0.05) is 5.16 Å². The maximum atomic E-state index is 12.3. The third kappa shape index (κ3) is 3.13. The van der Waals surface area contributed by atoms with Crippen molar-refractivity contribution >= 4 is 6.01 Å². The van der Waals surface area contributed by atoms with Gasteiger partial charge in [-0.25, -0.2) is 4.68 Å². The van der Waals surface area contributed by atoms with Crippen LogP contribution >= 0.6 is 0 Å². The van der Waals surface area contributed by atoms with Crippen LogP contribution in [0.2, 0.25) is 0 Å². The summed E-state index contributed by atoms with van der Waals surface area (Å²) < 4.78 is 12.1. The molecule has 3 aromatic heterocycles. The van der Waals surface area contributed by atoms with Gasteiger partial charge in [-0.3, -0.25) is 9.78 Å². The summed E-state index contributed by atoms with van der Waals surface area (Å²) in [5.74, 6) is 0.534. The smallest absolute Gasteiger partial charge is 0.321 e. The van der Waals surface area contributed by atoms with E-state index in [1.54, 1.807) is 25.4 Å². The Morgan fingerprint density at radius 2 is 2.20 bits per heavy atom. The fourth-order valence-corrected chi connectivity index (χ4v) is 2.77. The first-order valence-electron chi connectivity index (χ1n) is 7.85. The van der Waals surface area contributed by atoms with Crippen LogP contribution in [0.15, 0.2) is 46.0 Å². The summed E-state index contributed by atoms with van der Waals surface area (Å²) in [6.45, 7) is 2.52. The van der Waals surface area contributed by atoms with Gasteiger partial charge in [-0.2, -0.15) is 10.1 Å². The number of hydrogen-bond acceptors (Lipinski definition) is 8. The van der Waals surface area contributed by atoms with Crippen LogP contribution in [0.4, 0.5) is 6.01 Å². The molecule has 1 N–H and O–H groups in total. The van der Waals surface area contributed by atoms with E-state index in [2.05, 4.69) is 25.5 Å². The third-order valence-corrected chi connectivity index (χ3v) is 3.98. The van der Waals surface area contributed by atoms with Gasteiger partial charge in [0.2, 0.25) is 0 Å². The zero-order chi connectivity index (χ0) is 17.2. The number of pyridine rings is 1. The summed E-state index contributed by atoms with van der Waals surface area (Å²) in [5.41, 5.74) is 1.32. The second-order valence-corrected chi connectivity index (χ2v) is 5.75. The van der Waals surface area contributed by atoms with Crippen molar-refractivity contribution < 1.29 is 9.26 Å². The number of aryl methyl sites for hydroxylation is 1. The summed E-state index contributed by atoms with van der Waals surface area (Å²) in [6, 6.07) is 6.73. The minimum atomic E-state index is -0.281. The molecule has 0 saturated carbocycles. The number of nitrogens with one attached hydrogen (secondary N) is 1. The van der Waals surface area contributed by atoms with Crippen LogP contribution in [0.3, 0.4) is 0 Å². The topological polar surface area (TPSA) is 108 Å². The number of rotatable bonds is 4. The molecule has 0 aromatic carbocycles. The Balaban J connectivity index is 1.64. The summed E-state index contributed by atoms with van der Waals surface area (Å²) in [7, 11) is 0. The largest absolute Gasteiger partial charge is 0.377 e. The standard InChI is InChI=1S/C16H16N6O3/c1-10-18-16(25-21-10)19-13-8-24-9-14(13)22-15(23)5-4-12(20-22)11-3-2-6-17-7-11/h2-7,13-14H,8-9H2,1H3,(H,18,19,21). The molecule has 128 valence electrons. The fraction of sp³-hybridized carbons (Fsp3) is 0.312. The van der Waals surface area contributed by atoms with Crippen LogP contribution in [0.1, 0.15) is 11.9 Å². The van der Waals surface area contributed by atoms with Gasteiger partial charge in [0, 0.05) is 24.0 Å². The first-order chi connectivity index (χ1) is 12.2. The van der Waals surface area contributed by atoms with Gasteiger partial charge in [0.1, 0.15) is 6.04 Å².